The highest BCUT2D eigenvalue weighted by molar-refractivity contribution is 6.30. The van der Waals surface area contributed by atoms with Gasteiger partial charge in [0.15, 0.2) is 0 Å². The highest BCUT2D eigenvalue weighted by Crippen LogP contribution is 2.44. The van der Waals surface area contributed by atoms with E-state index in [-0.39, 0.29) is 11.5 Å². The number of halogens is 1. The predicted molar refractivity (Wildman–Crippen MR) is 213 cm³/mol. The molecule has 0 saturated carbocycles. The van der Waals surface area contributed by atoms with Crippen LogP contribution in [0.15, 0.2) is 109 Å². The van der Waals surface area contributed by atoms with Crippen LogP contribution in [0.2, 0.25) is 5.02 Å². The number of ether oxygens (including phenoxy) is 1. The SMILES string of the molecule is CCCCCCCCCCCCCCCCCCC(CC(c1ccccc1)(c1ccccc1)c1ccccc1)OCc1cc(Cl)cc(C#N)c1. The Morgan fingerprint density at radius 2 is 1.00 bits per heavy atom. The molecule has 2 nitrogen and oxygen atoms in total. The van der Waals surface area contributed by atoms with E-state index in [0.29, 0.717) is 17.2 Å². The zero-order chi connectivity index (χ0) is 35.1. The molecular weight excluding hydrogens is 630 g/mol. The summed E-state index contributed by atoms with van der Waals surface area (Å²) >= 11 is 6.40. The lowest BCUT2D eigenvalue weighted by molar-refractivity contribution is 0.0194. The van der Waals surface area contributed by atoms with Crippen molar-refractivity contribution in [1.29, 1.82) is 5.26 Å². The van der Waals surface area contributed by atoms with Gasteiger partial charge in [0.25, 0.3) is 0 Å². The van der Waals surface area contributed by atoms with Gasteiger partial charge in [-0.15, -0.1) is 0 Å². The second-order valence-corrected chi connectivity index (χ2v) is 14.6. The maximum absolute atomic E-state index is 9.55. The first-order valence-electron chi connectivity index (χ1n) is 19.6. The van der Waals surface area contributed by atoms with Gasteiger partial charge in [-0.2, -0.15) is 5.26 Å². The Labute approximate surface area is 309 Å². The van der Waals surface area contributed by atoms with Crippen molar-refractivity contribution in [3.05, 3.63) is 142 Å². The van der Waals surface area contributed by atoms with Crippen molar-refractivity contribution >= 4 is 11.6 Å². The van der Waals surface area contributed by atoms with E-state index in [9.17, 15) is 5.26 Å². The summed E-state index contributed by atoms with van der Waals surface area (Å²) in [5.74, 6) is 0. The van der Waals surface area contributed by atoms with Gasteiger partial charge in [-0.1, -0.05) is 212 Å². The second kappa shape index (κ2) is 23.2. The van der Waals surface area contributed by atoms with Crippen molar-refractivity contribution in [2.75, 3.05) is 0 Å². The minimum atomic E-state index is -0.379. The standard InChI is InChI=1S/C47H60ClNO/c1-2-3-4-5-6-7-8-9-10-11-12-13-14-15-16-26-33-46(50-39-41-34-40(38-49)35-45(48)36-41)37-47(42-27-20-17-21-28-42,43-29-22-18-23-30-43)44-31-24-19-25-32-44/h17-25,27-32,34-36,46H,2-16,26,33,37,39H2,1H3. The molecule has 0 saturated heterocycles. The van der Waals surface area contributed by atoms with Gasteiger partial charge in [-0.25, -0.2) is 0 Å². The van der Waals surface area contributed by atoms with E-state index in [2.05, 4.69) is 104 Å². The van der Waals surface area contributed by atoms with E-state index in [0.717, 1.165) is 24.8 Å². The molecule has 0 fully saturated rings. The Balaban J connectivity index is 1.38. The minimum Gasteiger partial charge on any atom is -0.373 e. The summed E-state index contributed by atoms with van der Waals surface area (Å²) < 4.78 is 6.86. The monoisotopic (exact) mass is 689 g/mol. The third kappa shape index (κ3) is 13.1. The van der Waals surface area contributed by atoms with Crippen LogP contribution < -0.4 is 0 Å². The number of rotatable bonds is 25. The first-order chi connectivity index (χ1) is 24.7. The molecule has 4 rings (SSSR count). The van der Waals surface area contributed by atoms with Crippen LogP contribution in [0.5, 0.6) is 0 Å². The third-order valence-electron chi connectivity index (χ3n) is 10.3. The van der Waals surface area contributed by atoms with Gasteiger partial charge < -0.3 is 4.74 Å². The number of hydrogen-bond donors (Lipinski definition) is 0. The fourth-order valence-corrected chi connectivity index (χ4v) is 7.80. The molecule has 0 amide bonds. The van der Waals surface area contributed by atoms with Crippen molar-refractivity contribution in [3.63, 3.8) is 0 Å². The molecule has 4 aromatic carbocycles. The molecule has 0 spiro atoms. The molecule has 0 aliphatic rings. The summed E-state index contributed by atoms with van der Waals surface area (Å²) in [4.78, 5) is 0. The predicted octanol–water partition coefficient (Wildman–Crippen LogP) is 14.2. The molecule has 0 bridgehead atoms. The molecule has 1 atom stereocenters. The van der Waals surface area contributed by atoms with Crippen LogP contribution in [0.3, 0.4) is 0 Å². The Morgan fingerprint density at radius 3 is 1.42 bits per heavy atom. The number of benzene rings is 4. The van der Waals surface area contributed by atoms with E-state index in [1.807, 2.05) is 12.1 Å². The largest absolute Gasteiger partial charge is 0.373 e. The maximum atomic E-state index is 9.55. The zero-order valence-electron chi connectivity index (χ0n) is 30.6. The van der Waals surface area contributed by atoms with E-state index in [1.165, 1.54) is 113 Å². The summed E-state index contributed by atoms with van der Waals surface area (Å²) in [7, 11) is 0. The summed E-state index contributed by atoms with van der Waals surface area (Å²) in [5, 5.41) is 10.1. The quantitative estimate of drug-likeness (QED) is 0.0512. The first-order valence-corrected chi connectivity index (χ1v) is 20.0. The Hall–Kier alpha value is -3.38. The van der Waals surface area contributed by atoms with Crippen LogP contribution in [-0.4, -0.2) is 6.10 Å². The van der Waals surface area contributed by atoms with E-state index in [1.54, 1.807) is 6.07 Å². The summed E-state index contributed by atoms with van der Waals surface area (Å²) in [6.45, 7) is 2.72. The normalized spacial score (nSPS) is 12.1. The topological polar surface area (TPSA) is 33.0 Å². The summed E-state index contributed by atoms with van der Waals surface area (Å²) in [6.07, 6.45) is 23.6. The van der Waals surface area contributed by atoms with Crippen LogP contribution in [-0.2, 0) is 16.8 Å². The lowest BCUT2D eigenvalue weighted by Gasteiger charge is -2.39. The highest BCUT2D eigenvalue weighted by atomic mass is 35.5. The average molecular weight is 690 g/mol. The van der Waals surface area contributed by atoms with Crippen LogP contribution in [0, 0.1) is 11.3 Å². The van der Waals surface area contributed by atoms with Gasteiger partial charge in [-0.05, 0) is 53.3 Å². The van der Waals surface area contributed by atoms with Crippen LogP contribution in [0.25, 0.3) is 0 Å². The molecule has 0 aliphatic heterocycles. The van der Waals surface area contributed by atoms with Gasteiger partial charge >= 0.3 is 0 Å². The lowest BCUT2D eigenvalue weighted by atomic mass is 9.66. The average Bonchev–Trinajstić information content (AvgIpc) is 3.16. The molecular formula is C47H60ClNO. The Bertz CT molecular complexity index is 1400. The lowest BCUT2D eigenvalue weighted by Crippen LogP contribution is -2.35. The van der Waals surface area contributed by atoms with Crippen LogP contribution in [0.1, 0.15) is 150 Å². The van der Waals surface area contributed by atoms with Crippen molar-refractivity contribution in [2.45, 2.75) is 141 Å². The molecule has 4 aromatic rings. The van der Waals surface area contributed by atoms with Crippen molar-refractivity contribution < 1.29 is 4.74 Å². The second-order valence-electron chi connectivity index (χ2n) is 14.2. The smallest absolute Gasteiger partial charge is 0.0992 e. The summed E-state index contributed by atoms with van der Waals surface area (Å²) in [6, 6.07) is 40.6. The van der Waals surface area contributed by atoms with Crippen LogP contribution in [0.4, 0.5) is 0 Å². The molecule has 1 unspecified atom stereocenters. The number of hydrogen-bond acceptors (Lipinski definition) is 2. The first kappa shape index (κ1) is 39.4. The van der Waals surface area contributed by atoms with Crippen molar-refractivity contribution in [3.8, 4) is 6.07 Å². The fourth-order valence-electron chi connectivity index (χ4n) is 7.54. The van der Waals surface area contributed by atoms with Gasteiger partial charge in [-0.3, -0.25) is 0 Å². The molecule has 266 valence electrons. The minimum absolute atomic E-state index is 0.00628. The molecule has 3 heteroatoms. The number of nitrogens with zero attached hydrogens (tertiary/aromatic N) is 1. The van der Waals surface area contributed by atoms with Gasteiger partial charge in [0.2, 0.25) is 0 Å². The molecule has 0 heterocycles. The maximum Gasteiger partial charge on any atom is 0.0992 e. The van der Waals surface area contributed by atoms with Crippen molar-refractivity contribution in [2.24, 2.45) is 0 Å². The molecule has 0 N–H and O–H groups in total. The van der Waals surface area contributed by atoms with E-state index >= 15 is 0 Å². The number of nitriles is 1. The fraction of sp³-hybridized carbons (Fsp3) is 0.468. The zero-order valence-corrected chi connectivity index (χ0v) is 31.4. The van der Waals surface area contributed by atoms with Gasteiger partial charge in [0.05, 0.1) is 24.3 Å². The van der Waals surface area contributed by atoms with Gasteiger partial charge in [0.1, 0.15) is 0 Å². The highest BCUT2D eigenvalue weighted by Gasteiger charge is 2.38. The Kier molecular flexibility index (Phi) is 18.3. The Morgan fingerprint density at radius 1 is 0.580 bits per heavy atom. The van der Waals surface area contributed by atoms with Gasteiger partial charge in [0, 0.05) is 10.4 Å². The van der Waals surface area contributed by atoms with E-state index in [4.69, 9.17) is 16.3 Å². The number of unbranched alkanes of at least 4 members (excludes halogenated alkanes) is 15. The molecule has 0 radical (unpaired) electrons. The molecule has 0 aliphatic carbocycles. The molecule has 0 aromatic heterocycles. The van der Waals surface area contributed by atoms with Crippen LogP contribution >= 0.6 is 11.6 Å². The van der Waals surface area contributed by atoms with Crippen molar-refractivity contribution in [1.82, 2.24) is 0 Å². The third-order valence-corrected chi connectivity index (χ3v) is 10.5. The van der Waals surface area contributed by atoms with E-state index < -0.39 is 0 Å². The summed E-state index contributed by atoms with van der Waals surface area (Å²) in [5.41, 5.74) is 4.94. The molecule has 50 heavy (non-hydrogen) atoms.